The van der Waals surface area contributed by atoms with E-state index < -0.39 is 0 Å². The fourth-order valence-electron chi connectivity index (χ4n) is 0.963. The van der Waals surface area contributed by atoms with Crippen molar-refractivity contribution in [3.05, 3.63) is 35.4 Å². The van der Waals surface area contributed by atoms with Crippen LogP contribution in [0.1, 0.15) is 11.1 Å². The number of aryl methyl sites for hydroxylation is 1. The average Bonchev–Trinajstić information content (AvgIpc) is 2.04. The molecule has 1 nitrogen and oxygen atoms in total. The molecule has 0 saturated carbocycles. The van der Waals surface area contributed by atoms with Gasteiger partial charge in [0.2, 0.25) is 0 Å². The van der Waals surface area contributed by atoms with Gasteiger partial charge in [0.1, 0.15) is 0 Å². The van der Waals surface area contributed by atoms with Crippen molar-refractivity contribution in [1.29, 1.82) is 0 Å². The number of hydrogen-bond donors (Lipinski definition) is 0. The van der Waals surface area contributed by atoms with Crippen molar-refractivity contribution in [1.82, 2.24) is 0 Å². The molecule has 0 aliphatic heterocycles. The standard InChI is InChI=1S/C10H13N/c1-9-3-5-10(6-4-9)7-8-11-2/h3-6H,2,7-8H2,1H3. The molecule has 0 aliphatic rings. The van der Waals surface area contributed by atoms with Gasteiger partial charge in [0, 0.05) is 6.54 Å². The topological polar surface area (TPSA) is 12.4 Å². The van der Waals surface area contributed by atoms with Gasteiger partial charge in [-0.1, -0.05) is 29.8 Å². The normalized spacial score (nSPS) is 9.55. The van der Waals surface area contributed by atoms with Gasteiger partial charge in [-0.15, -0.1) is 0 Å². The molecule has 0 radical (unpaired) electrons. The molecule has 1 heteroatoms. The first-order valence-electron chi connectivity index (χ1n) is 3.81. The highest BCUT2D eigenvalue weighted by Gasteiger charge is 1.89. The highest BCUT2D eigenvalue weighted by molar-refractivity contribution is 5.24. The highest BCUT2D eigenvalue weighted by atomic mass is 14.7. The van der Waals surface area contributed by atoms with Gasteiger partial charge in [-0.2, -0.15) is 0 Å². The predicted molar refractivity (Wildman–Crippen MR) is 49.3 cm³/mol. The lowest BCUT2D eigenvalue weighted by Crippen LogP contribution is -1.87. The smallest absolute Gasteiger partial charge is 0.0422 e. The maximum atomic E-state index is 3.80. The summed E-state index contributed by atoms with van der Waals surface area (Å²) in [5.41, 5.74) is 2.64. The molecule has 0 aliphatic carbocycles. The van der Waals surface area contributed by atoms with Gasteiger partial charge in [-0.25, -0.2) is 0 Å². The Morgan fingerprint density at radius 2 is 1.91 bits per heavy atom. The quantitative estimate of drug-likeness (QED) is 0.581. The van der Waals surface area contributed by atoms with Crippen LogP contribution < -0.4 is 0 Å². The Labute approximate surface area is 67.8 Å². The molecule has 1 aromatic carbocycles. The average molecular weight is 147 g/mol. The number of nitrogens with zero attached hydrogens (tertiary/aromatic N) is 1. The zero-order valence-corrected chi connectivity index (χ0v) is 6.88. The first-order chi connectivity index (χ1) is 5.33. The van der Waals surface area contributed by atoms with Crippen molar-refractivity contribution in [2.75, 3.05) is 6.54 Å². The molecule has 1 aromatic rings. The van der Waals surface area contributed by atoms with Crippen LogP contribution in [0.3, 0.4) is 0 Å². The third-order valence-corrected chi connectivity index (χ3v) is 1.68. The molecule has 0 fully saturated rings. The van der Waals surface area contributed by atoms with Crippen molar-refractivity contribution in [3.63, 3.8) is 0 Å². The number of hydrogen-bond acceptors (Lipinski definition) is 1. The maximum Gasteiger partial charge on any atom is 0.0422 e. The number of benzene rings is 1. The first-order valence-corrected chi connectivity index (χ1v) is 3.81. The van der Waals surface area contributed by atoms with E-state index >= 15 is 0 Å². The third-order valence-electron chi connectivity index (χ3n) is 1.68. The van der Waals surface area contributed by atoms with E-state index in [1.165, 1.54) is 11.1 Å². The van der Waals surface area contributed by atoms with E-state index in [2.05, 4.69) is 42.9 Å². The molecule has 11 heavy (non-hydrogen) atoms. The van der Waals surface area contributed by atoms with Crippen LogP contribution >= 0.6 is 0 Å². The van der Waals surface area contributed by atoms with Crippen molar-refractivity contribution in [2.45, 2.75) is 13.3 Å². The highest BCUT2D eigenvalue weighted by Crippen LogP contribution is 2.03. The Hall–Kier alpha value is -1.11. The van der Waals surface area contributed by atoms with Gasteiger partial charge in [0.15, 0.2) is 0 Å². The van der Waals surface area contributed by atoms with Gasteiger partial charge in [-0.05, 0) is 25.6 Å². The number of aliphatic imine (C=N–C) groups is 1. The lowest BCUT2D eigenvalue weighted by Gasteiger charge is -1.97. The van der Waals surface area contributed by atoms with E-state index in [4.69, 9.17) is 0 Å². The monoisotopic (exact) mass is 147 g/mol. The summed E-state index contributed by atoms with van der Waals surface area (Å²) in [4.78, 5) is 3.80. The van der Waals surface area contributed by atoms with Gasteiger partial charge >= 0.3 is 0 Å². The Kier molecular flexibility index (Phi) is 2.84. The maximum absolute atomic E-state index is 3.80. The van der Waals surface area contributed by atoms with E-state index in [0.717, 1.165) is 13.0 Å². The van der Waals surface area contributed by atoms with Crippen molar-refractivity contribution < 1.29 is 0 Å². The Morgan fingerprint density at radius 1 is 1.27 bits per heavy atom. The fourth-order valence-corrected chi connectivity index (χ4v) is 0.963. The number of rotatable bonds is 3. The predicted octanol–water partition coefficient (Wildman–Crippen LogP) is 2.24. The van der Waals surface area contributed by atoms with E-state index in [9.17, 15) is 0 Å². The molecule has 0 N–H and O–H groups in total. The Morgan fingerprint density at radius 3 is 2.45 bits per heavy atom. The zero-order valence-electron chi connectivity index (χ0n) is 6.88. The second-order valence-electron chi connectivity index (χ2n) is 2.68. The lowest BCUT2D eigenvalue weighted by atomic mass is 10.1. The minimum atomic E-state index is 0.822. The summed E-state index contributed by atoms with van der Waals surface area (Å²) in [7, 11) is 0. The summed E-state index contributed by atoms with van der Waals surface area (Å²) in [5.74, 6) is 0. The summed E-state index contributed by atoms with van der Waals surface area (Å²) in [6.45, 7) is 6.36. The fraction of sp³-hybridized carbons (Fsp3) is 0.300. The molecule has 0 saturated heterocycles. The van der Waals surface area contributed by atoms with E-state index in [1.54, 1.807) is 0 Å². The van der Waals surface area contributed by atoms with Crippen LogP contribution in [0.2, 0.25) is 0 Å². The minimum Gasteiger partial charge on any atom is -0.301 e. The first kappa shape index (κ1) is 7.99. The summed E-state index contributed by atoms with van der Waals surface area (Å²) in [5, 5.41) is 0. The molecular weight excluding hydrogens is 134 g/mol. The Balaban J connectivity index is 2.58. The summed E-state index contributed by atoms with van der Waals surface area (Å²) < 4.78 is 0. The molecule has 58 valence electrons. The second-order valence-corrected chi connectivity index (χ2v) is 2.68. The van der Waals surface area contributed by atoms with Crippen molar-refractivity contribution in [2.24, 2.45) is 4.99 Å². The van der Waals surface area contributed by atoms with E-state index in [1.807, 2.05) is 0 Å². The molecule has 0 spiro atoms. The molecule has 0 bridgehead atoms. The lowest BCUT2D eigenvalue weighted by molar-refractivity contribution is 0.976. The molecule has 1 rings (SSSR count). The van der Waals surface area contributed by atoms with Gasteiger partial charge in [-0.3, -0.25) is 0 Å². The van der Waals surface area contributed by atoms with E-state index in [-0.39, 0.29) is 0 Å². The van der Waals surface area contributed by atoms with Crippen LogP contribution in [-0.2, 0) is 6.42 Å². The third kappa shape index (κ3) is 2.54. The van der Waals surface area contributed by atoms with E-state index in [0.29, 0.717) is 0 Å². The summed E-state index contributed by atoms with van der Waals surface area (Å²) in [6, 6.07) is 8.53. The Bertz CT molecular complexity index is 223. The molecule has 0 heterocycles. The van der Waals surface area contributed by atoms with Crippen LogP contribution in [0.15, 0.2) is 29.3 Å². The second kappa shape index (κ2) is 3.91. The van der Waals surface area contributed by atoms with Crippen LogP contribution in [0, 0.1) is 6.92 Å². The van der Waals surface area contributed by atoms with Crippen LogP contribution in [0.4, 0.5) is 0 Å². The zero-order chi connectivity index (χ0) is 8.10. The SMILES string of the molecule is C=NCCc1ccc(C)cc1. The molecule has 0 amide bonds. The van der Waals surface area contributed by atoms with Gasteiger partial charge in [0.05, 0.1) is 0 Å². The van der Waals surface area contributed by atoms with Crippen LogP contribution in [0.25, 0.3) is 0 Å². The summed E-state index contributed by atoms with van der Waals surface area (Å²) in [6.07, 6.45) is 1.00. The largest absolute Gasteiger partial charge is 0.301 e. The molecular formula is C10H13N. The summed E-state index contributed by atoms with van der Waals surface area (Å²) >= 11 is 0. The molecule has 0 atom stereocenters. The van der Waals surface area contributed by atoms with Crippen molar-refractivity contribution >= 4 is 6.72 Å². The van der Waals surface area contributed by atoms with Gasteiger partial charge < -0.3 is 4.99 Å². The molecule has 0 unspecified atom stereocenters. The van der Waals surface area contributed by atoms with Gasteiger partial charge in [0.25, 0.3) is 0 Å². The van der Waals surface area contributed by atoms with Crippen molar-refractivity contribution in [3.8, 4) is 0 Å². The van der Waals surface area contributed by atoms with Crippen LogP contribution in [-0.4, -0.2) is 13.3 Å². The molecule has 0 aromatic heterocycles. The van der Waals surface area contributed by atoms with Crippen LogP contribution in [0.5, 0.6) is 0 Å². The minimum absolute atomic E-state index is 0.822.